The van der Waals surface area contributed by atoms with Gasteiger partial charge in [-0.05, 0) is 69.2 Å². The summed E-state index contributed by atoms with van der Waals surface area (Å²) in [5.41, 5.74) is 2.82. The monoisotopic (exact) mass is 354 g/mol. The molecular weight excluding hydrogens is 332 g/mol. The van der Waals surface area contributed by atoms with Crippen LogP contribution in [0.2, 0.25) is 0 Å². The van der Waals surface area contributed by atoms with Gasteiger partial charge in [-0.25, -0.2) is 0 Å². The predicted octanol–water partition coefficient (Wildman–Crippen LogP) is 3.74. The molecule has 0 amide bonds. The Morgan fingerprint density at radius 1 is 1.43 bits per heavy atom. The third-order valence-electron chi connectivity index (χ3n) is 3.91. The van der Waals surface area contributed by atoms with Crippen LogP contribution in [0.3, 0.4) is 0 Å². The summed E-state index contributed by atoms with van der Waals surface area (Å²) < 4.78 is 6.60. The van der Waals surface area contributed by atoms with Crippen LogP contribution in [-0.4, -0.2) is 23.3 Å². The predicted molar refractivity (Wildman–Crippen MR) is 86.4 cm³/mol. The van der Waals surface area contributed by atoms with E-state index in [1.807, 2.05) is 39.8 Å². The Kier molecular flexibility index (Phi) is 4.79. The Bertz CT molecular complexity index is 546. The number of benzene rings is 1. The first-order valence-corrected chi connectivity index (χ1v) is 8.14. The zero-order valence-electron chi connectivity index (χ0n) is 13.1. The van der Waals surface area contributed by atoms with Gasteiger partial charge in [0.25, 0.3) is 0 Å². The molecule has 0 saturated carbocycles. The van der Waals surface area contributed by atoms with Crippen molar-refractivity contribution < 1.29 is 14.6 Å². The molecule has 0 saturated heterocycles. The van der Waals surface area contributed by atoms with Crippen molar-refractivity contribution in [3.8, 4) is 0 Å². The van der Waals surface area contributed by atoms with Crippen LogP contribution >= 0.6 is 15.9 Å². The zero-order chi connectivity index (χ0) is 15.8. The van der Waals surface area contributed by atoms with E-state index in [-0.39, 0.29) is 24.4 Å². The lowest BCUT2D eigenvalue weighted by molar-refractivity contribution is -0.157. The Labute approximate surface area is 134 Å². The number of fused-ring (bicyclic) bond motifs is 1. The van der Waals surface area contributed by atoms with Gasteiger partial charge in [0.05, 0.1) is 5.92 Å². The summed E-state index contributed by atoms with van der Waals surface area (Å²) in [6, 6.07) is 4.06. The fourth-order valence-electron chi connectivity index (χ4n) is 2.99. The van der Waals surface area contributed by atoms with Crippen LogP contribution in [-0.2, 0) is 16.0 Å². The second-order valence-corrected chi connectivity index (χ2v) is 7.67. The summed E-state index contributed by atoms with van der Waals surface area (Å²) >= 11 is 3.54. The number of carbonyl (C=O) groups is 1. The van der Waals surface area contributed by atoms with E-state index in [4.69, 9.17) is 4.74 Å². The van der Waals surface area contributed by atoms with Crippen molar-refractivity contribution in [2.75, 3.05) is 6.61 Å². The van der Waals surface area contributed by atoms with Gasteiger partial charge < -0.3 is 9.84 Å². The molecule has 1 aromatic rings. The van der Waals surface area contributed by atoms with Crippen molar-refractivity contribution >= 4 is 21.9 Å². The van der Waals surface area contributed by atoms with E-state index in [9.17, 15) is 9.90 Å². The van der Waals surface area contributed by atoms with Crippen LogP contribution < -0.4 is 0 Å². The number of hydrogen-bond acceptors (Lipinski definition) is 3. The average Bonchev–Trinajstić information content (AvgIpc) is 2.39. The number of rotatable bonds is 2. The van der Waals surface area contributed by atoms with Gasteiger partial charge in [0.2, 0.25) is 0 Å². The molecule has 2 unspecified atom stereocenters. The molecule has 116 valence electrons. The number of carbonyl (C=O) groups excluding carboxylic acids is 1. The van der Waals surface area contributed by atoms with Gasteiger partial charge in [-0.1, -0.05) is 22.0 Å². The highest BCUT2D eigenvalue weighted by Gasteiger charge is 2.35. The minimum Gasteiger partial charge on any atom is -0.459 e. The quantitative estimate of drug-likeness (QED) is 0.823. The summed E-state index contributed by atoms with van der Waals surface area (Å²) in [5, 5.41) is 9.51. The van der Waals surface area contributed by atoms with Crippen LogP contribution in [0, 0.1) is 12.8 Å². The normalized spacial score (nSPS) is 21.8. The van der Waals surface area contributed by atoms with Crippen molar-refractivity contribution in [1.29, 1.82) is 0 Å². The Balaban J connectivity index is 2.42. The first-order valence-electron chi connectivity index (χ1n) is 7.34. The smallest absolute Gasteiger partial charge is 0.313 e. The Morgan fingerprint density at radius 3 is 2.67 bits per heavy atom. The fraction of sp³-hybridized carbons (Fsp3) is 0.588. The van der Waals surface area contributed by atoms with Gasteiger partial charge in [-0.3, -0.25) is 4.79 Å². The molecular formula is C17H23BrO3. The third kappa shape index (κ3) is 3.67. The highest BCUT2D eigenvalue weighted by atomic mass is 79.9. The molecule has 0 fully saturated rings. The van der Waals surface area contributed by atoms with Gasteiger partial charge in [-0.15, -0.1) is 0 Å². The molecule has 1 aliphatic carbocycles. The highest BCUT2D eigenvalue weighted by Crippen LogP contribution is 2.40. The Hall–Kier alpha value is -0.870. The lowest BCUT2D eigenvalue weighted by Gasteiger charge is -2.33. The molecule has 3 nitrogen and oxygen atoms in total. The largest absolute Gasteiger partial charge is 0.459 e. The lowest BCUT2D eigenvalue weighted by atomic mass is 9.75. The van der Waals surface area contributed by atoms with Crippen molar-refractivity contribution in [2.45, 2.75) is 52.1 Å². The molecule has 1 N–H and O–H groups in total. The number of aliphatic hydroxyl groups excluding tert-OH is 1. The van der Waals surface area contributed by atoms with Crippen LogP contribution in [0.4, 0.5) is 0 Å². The number of esters is 1. The molecule has 2 atom stereocenters. The molecule has 0 radical (unpaired) electrons. The molecule has 2 rings (SSSR count). The number of halogens is 1. The van der Waals surface area contributed by atoms with Crippen molar-refractivity contribution in [3.63, 3.8) is 0 Å². The van der Waals surface area contributed by atoms with E-state index in [1.54, 1.807) is 0 Å². The van der Waals surface area contributed by atoms with Gasteiger partial charge in [0, 0.05) is 11.1 Å². The minimum absolute atomic E-state index is 0.105. The molecule has 0 aliphatic heterocycles. The molecule has 0 heterocycles. The highest BCUT2D eigenvalue weighted by molar-refractivity contribution is 9.10. The first kappa shape index (κ1) is 16.5. The molecule has 1 aliphatic rings. The topological polar surface area (TPSA) is 46.5 Å². The maximum absolute atomic E-state index is 12.6. The maximum atomic E-state index is 12.6. The van der Waals surface area contributed by atoms with E-state index in [0.717, 1.165) is 27.6 Å². The van der Waals surface area contributed by atoms with Crippen LogP contribution in [0.15, 0.2) is 16.6 Å². The second-order valence-electron chi connectivity index (χ2n) is 6.82. The van der Waals surface area contributed by atoms with Gasteiger partial charge >= 0.3 is 5.97 Å². The van der Waals surface area contributed by atoms with Gasteiger partial charge in [0.15, 0.2) is 0 Å². The van der Waals surface area contributed by atoms with E-state index in [1.165, 1.54) is 0 Å². The summed E-state index contributed by atoms with van der Waals surface area (Å²) in [7, 11) is 0. The van der Waals surface area contributed by atoms with Crippen molar-refractivity contribution in [1.82, 2.24) is 0 Å². The van der Waals surface area contributed by atoms with Gasteiger partial charge in [-0.2, -0.15) is 0 Å². The van der Waals surface area contributed by atoms with Gasteiger partial charge in [0.1, 0.15) is 5.60 Å². The zero-order valence-corrected chi connectivity index (χ0v) is 14.7. The van der Waals surface area contributed by atoms with Crippen molar-refractivity contribution in [2.24, 2.45) is 5.92 Å². The van der Waals surface area contributed by atoms with Crippen LogP contribution in [0.1, 0.15) is 49.8 Å². The summed E-state index contributed by atoms with van der Waals surface area (Å²) in [5.74, 6) is -0.360. The van der Waals surface area contributed by atoms with Crippen LogP contribution in [0.25, 0.3) is 0 Å². The number of hydrogen-bond donors (Lipinski definition) is 1. The molecule has 0 spiro atoms. The molecule has 4 heteroatoms. The molecule has 1 aromatic carbocycles. The minimum atomic E-state index is -0.497. The SMILES string of the molecule is Cc1c(Br)ccc2c1C(C(=O)OC(C)(C)C)CC(CO)C2. The summed E-state index contributed by atoms with van der Waals surface area (Å²) in [4.78, 5) is 12.6. The molecule has 21 heavy (non-hydrogen) atoms. The van der Waals surface area contributed by atoms with E-state index in [2.05, 4.69) is 15.9 Å². The summed E-state index contributed by atoms with van der Waals surface area (Å²) in [6.07, 6.45) is 1.47. The van der Waals surface area contributed by atoms with Crippen LogP contribution in [0.5, 0.6) is 0 Å². The molecule has 0 aromatic heterocycles. The molecule has 0 bridgehead atoms. The van der Waals surface area contributed by atoms with E-state index >= 15 is 0 Å². The second kappa shape index (κ2) is 6.09. The third-order valence-corrected chi connectivity index (χ3v) is 4.77. The summed E-state index contributed by atoms with van der Waals surface area (Å²) in [6.45, 7) is 7.77. The van der Waals surface area contributed by atoms with Crippen molar-refractivity contribution in [3.05, 3.63) is 33.3 Å². The lowest BCUT2D eigenvalue weighted by Crippen LogP contribution is -2.33. The Morgan fingerprint density at radius 2 is 2.10 bits per heavy atom. The van der Waals surface area contributed by atoms with E-state index < -0.39 is 5.60 Å². The van der Waals surface area contributed by atoms with E-state index in [0.29, 0.717) is 6.42 Å². The number of ether oxygens (including phenoxy) is 1. The number of aliphatic hydroxyl groups is 1. The standard InChI is InChI=1S/C17H23BrO3/c1-10-14(18)6-5-12-7-11(9-19)8-13(15(10)12)16(20)21-17(2,3)4/h5-6,11,13,19H,7-9H2,1-4H3. The average molecular weight is 355 g/mol. The fourth-order valence-corrected chi connectivity index (χ4v) is 3.34. The first-order chi connectivity index (χ1) is 9.73. The maximum Gasteiger partial charge on any atom is 0.313 e.